The summed E-state index contributed by atoms with van der Waals surface area (Å²) in [4.78, 5) is 11.5. The average Bonchev–Trinajstić information content (AvgIpc) is 2.28. The van der Waals surface area contributed by atoms with Crippen LogP contribution in [0.5, 0.6) is 5.75 Å². The van der Waals surface area contributed by atoms with Gasteiger partial charge in [-0.15, -0.1) is 0 Å². The zero-order chi connectivity index (χ0) is 12.7. The number of aromatic hydroxyl groups is 1. The minimum absolute atomic E-state index is 0.0952. The largest absolute Gasteiger partial charge is 0.507 e. The lowest BCUT2D eigenvalue weighted by Gasteiger charge is -2.07. The second kappa shape index (κ2) is 6.82. The van der Waals surface area contributed by atoms with Gasteiger partial charge in [0.15, 0.2) is 0 Å². The number of hydrogen-bond acceptors (Lipinski definition) is 4. The molecule has 1 amide bonds. The number of ether oxygens (including phenoxy) is 1. The zero-order valence-corrected chi connectivity index (χ0v) is 9.15. The first-order chi connectivity index (χ1) is 8.16. The highest BCUT2D eigenvalue weighted by Gasteiger charge is 2.15. The third-order valence-electron chi connectivity index (χ3n) is 1.99. The van der Waals surface area contributed by atoms with Crippen LogP contribution in [0.4, 0.5) is 4.39 Å². The molecule has 94 valence electrons. The number of halogens is 1. The molecule has 1 aromatic carbocycles. The van der Waals surface area contributed by atoms with E-state index in [9.17, 15) is 14.3 Å². The van der Waals surface area contributed by atoms with Gasteiger partial charge >= 0.3 is 0 Å². The van der Waals surface area contributed by atoms with Crippen LogP contribution in [0, 0.1) is 5.82 Å². The van der Waals surface area contributed by atoms with Crippen molar-refractivity contribution in [1.29, 1.82) is 0 Å². The maximum Gasteiger partial charge on any atom is 0.258 e. The Balaban J connectivity index is 2.47. The highest BCUT2D eigenvalue weighted by atomic mass is 19.1. The van der Waals surface area contributed by atoms with Crippen molar-refractivity contribution < 1.29 is 24.1 Å². The Bertz CT molecular complexity index is 363. The third kappa shape index (κ3) is 4.01. The highest BCUT2D eigenvalue weighted by molar-refractivity contribution is 5.97. The Hall–Kier alpha value is -1.66. The number of amides is 1. The Morgan fingerprint density at radius 3 is 2.82 bits per heavy atom. The summed E-state index contributed by atoms with van der Waals surface area (Å²) in [6, 6.07) is 3.64. The van der Waals surface area contributed by atoms with Crippen LogP contribution in [0.15, 0.2) is 18.2 Å². The minimum Gasteiger partial charge on any atom is -0.507 e. The summed E-state index contributed by atoms with van der Waals surface area (Å²) in [5.74, 6) is -1.88. The number of carbonyl (C=O) groups excluding carboxylic acids is 1. The van der Waals surface area contributed by atoms with Gasteiger partial charge in [-0.3, -0.25) is 4.79 Å². The van der Waals surface area contributed by atoms with Gasteiger partial charge in [-0.2, -0.15) is 0 Å². The summed E-state index contributed by atoms with van der Waals surface area (Å²) in [5.41, 5.74) is -0.380. The van der Waals surface area contributed by atoms with E-state index in [1.54, 1.807) is 0 Å². The molecule has 0 saturated carbocycles. The lowest BCUT2D eigenvalue weighted by molar-refractivity contribution is 0.0834. The van der Waals surface area contributed by atoms with Crippen molar-refractivity contribution >= 4 is 5.91 Å². The van der Waals surface area contributed by atoms with E-state index in [2.05, 4.69) is 5.32 Å². The third-order valence-corrected chi connectivity index (χ3v) is 1.99. The van der Waals surface area contributed by atoms with Gasteiger partial charge in [0.1, 0.15) is 17.1 Å². The molecule has 5 nitrogen and oxygen atoms in total. The summed E-state index contributed by atoms with van der Waals surface area (Å²) in [6.45, 7) is 0.469. The molecular weight excluding hydrogens is 229 g/mol. The number of nitrogens with one attached hydrogen (secondary N) is 1. The van der Waals surface area contributed by atoms with E-state index >= 15 is 0 Å². The van der Waals surface area contributed by atoms with Crippen LogP contribution in [-0.4, -0.2) is 42.5 Å². The van der Waals surface area contributed by atoms with Crippen molar-refractivity contribution in [3.63, 3.8) is 0 Å². The van der Waals surface area contributed by atoms with Crippen LogP contribution in [0.3, 0.4) is 0 Å². The van der Waals surface area contributed by atoms with Crippen molar-refractivity contribution in [2.24, 2.45) is 0 Å². The van der Waals surface area contributed by atoms with Gasteiger partial charge in [0.25, 0.3) is 5.91 Å². The summed E-state index contributed by atoms with van der Waals surface area (Å²) in [5, 5.41) is 20.2. The topological polar surface area (TPSA) is 78.8 Å². The van der Waals surface area contributed by atoms with Crippen LogP contribution in [0.25, 0.3) is 0 Å². The molecule has 6 heteroatoms. The normalized spacial score (nSPS) is 10.2. The number of aliphatic hydroxyl groups is 1. The van der Waals surface area contributed by atoms with Gasteiger partial charge in [-0.05, 0) is 12.1 Å². The minimum atomic E-state index is -0.779. The van der Waals surface area contributed by atoms with Crippen LogP contribution < -0.4 is 5.32 Å². The van der Waals surface area contributed by atoms with Crippen LogP contribution in [0.2, 0.25) is 0 Å². The quantitative estimate of drug-likeness (QED) is 0.627. The zero-order valence-electron chi connectivity index (χ0n) is 9.15. The molecule has 0 aliphatic carbocycles. The van der Waals surface area contributed by atoms with Crippen molar-refractivity contribution in [2.45, 2.75) is 0 Å². The molecular formula is C11H14FNO4. The van der Waals surface area contributed by atoms with E-state index in [0.29, 0.717) is 0 Å². The van der Waals surface area contributed by atoms with E-state index in [0.717, 1.165) is 6.07 Å². The smallest absolute Gasteiger partial charge is 0.258 e. The predicted molar refractivity (Wildman–Crippen MR) is 58.3 cm³/mol. The molecule has 0 heterocycles. The molecule has 17 heavy (non-hydrogen) atoms. The SMILES string of the molecule is O=C(NCCOCCO)c1c(O)cccc1F. The standard InChI is InChI=1S/C11H14FNO4/c12-8-2-1-3-9(15)10(8)11(16)13-4-6-17-7-5-14/h1-3,14-15H,4-7H2,(H,13,16). The maximum atomic E-state index is 13.2. The Labute approximate surface area is 97.8 Å². The van der Waals surface area contributed by atoms with E-state index in [1.165, 1.54) is 12.1 Å². The predicted octanol–water partition coefficient (Wildman–Crippen LogP) is 0.270. The fourth-order valence-corrected chi connectivity index (χ4v) is 1.23. The number of phenols is 1. The summed E-state index contributed by atoms with van der Waals surface area (Å²) >= 11 is 0. The number of hydrogen-bond donors (Lipinski definition) is 3. The summed E-state index contributed by atoms with van der Waals surface area (Å²) < 4.78 is 18.2. The van der Waals surface area contributed by atoms with Crippen molar-refractivity contribution in [2.75, 3.05) is 26.4 Å². The van der Waals surface area contributed by atoms with Gasteiger partial charge < -0.3 is 20.3 Å². The molecule has 3 N–H and O–H groups in total. The number of phenolic OH excluding ortho intramolecular Hbond substituents is 1. The summed E-state index contributed by atoms with van der Waals surface area (Å²) in [7, 11) is 0. The van der Waals surface area contributed by atoms with Gasteiger partial charge in [0, 0.05) is 6.54 Å². The molecule has 0 fully saturated rings. The second-order valence-corrected chi connectivity index (χ2v) is 3.23. The highest BCUT2D eigenvalue weighted by Crippen LogP contribution is 2.19. The van der Waals surface area contributed by atoms with Gasteiger partial charge in [0.2, 0.25) is 0 Å². The van der Waals surface area contributed by atoms with E-state index in [4.69, 9.17) is 9.84 Å². The second-order valence-electron chi connectivity index (χ2n) is 3.23. The van der Waals surface area contributed by atoms with Crippen LogP contribution in [0.1, 0.15) is 10.4 Å². The molecule has 0 aliphatic rings. The van der Waals surface area contributed by atoms with Gasteiger partial charge in [0.05, 0.1) is 19.8 Å². The first-order valence-corrected chi connectivity index (χ1v) is 5.11. The molecule has 0 unspecified atom stereocenters. The summed E-state index contributed by atoms with van der Waals surface area (Å²) in [6.07, 6.45) is 0. The fourth-order valence-electron chi connectivity index (χ4n) is 1.23. The van der Waals surface area contributed by atoms with E-state index < -0.39 is 17.5 Å². The molecule has 0 aromatic heterocycles. The lowest BCUT2D eigenvalue weighted by Crippen LogP contribution is -2.28. The first-order valence-electron chi connectivity index (χ1n) is 5.11. The molecule has 0 bridgehead atoms. The Morgan fingerprint density at radius 1 is 1.41 bits per heavy atom. The monoisotopic (exact) mass is 243 g/mol. The van der Waals surface area contributed by atoms with Crippen molar-refractivity contribution in [3.05, 3.63) is 29.6 Å². The maximum absolute atomic E-state index is 13.2. The molecule has 0 saturated heterocycles. The Morgan fingerprint density at radius 2 is 2.18 bits per heavy atom. The molecule has 1 aromatic rings. The van der Waals surface area contributed by atoms with Gasteiger partial charge in [-0.25, -0.2) is 4.39 Å². The molecule has 0 spiro atoms. The lowest BCUT2D eigenvalue weighted by atomic mass is 10.2. The number of rotatable bonds is 6. The molecule has 0 atom stereocenters. The fraction of sp³-hybridized carbons (Fsp3) is 0.364. The van der Waals surface area contributed by atoms with Gasteiger partial charge in [-0.1, -0.05) is 6.07 Å². The molecule has 1 rings (SSSR count). The van der Waals surface area contributed by atoms with Crippen LogP contribution >= 0.6 is 0 Å². The Kier molecular flexibility index (Phi) is 5.38. The van der Waals surface area contributed by atoms with E-state index in [-0.39, 0.29) is 31.9 Å². The number of carbonyl (C=O) groups is 1. The van der Waals surface area contributed by atoms with Crippen LogP contribution in [-0.2, 0) is 4.74 Å². The molecule has 0 aliphatic heterocycles. The number of aliphatic hydroxyl groups excluding tert-OH is 1. The number of benzene rings is 1. The van der Waals surface area contributed by atoms with E-state index in [1.807, 2.05) is 0 Å². The first kappa shape index (κ1) is 13.4. The molecule has 0 radical (unpaired) electrons. The average molecular weight is 243 g/mol. The van der Waals surface area contributed by atoms with Crippen molar-refractivity contribution in [1.82, 2.24) is 5.32 Å². The van der Waals surface area contributed by atoms with Crippen molar-refractivity contribution in [3.8, 4) is 5.75 Å².